The first-order chi connectivity index (χ1) is 18.0. The molecule has 1 aliphatic carbocycles. The Labute approximate surface area is 215 Å². The number of furan rings is 1. The van der Waals surface area contributed by atoms with E-state index in [1.165, 1.54) is 0 Å². The highest BCUT2D eigenvalue weighted by Crippen LogP contribution is 2.42. The Morgan fingerprint density at radius 3 is 2.43 bits per heavy atom. The molecule has 192 valence electrons. The van der Waals surface area contributed by atoms with Crippen molar-refractivity contribution in [3.63, 3.8) is 0 Å². The molecule has 0 saturated heterocycles. The third-order valence-corrected chi connectivity index (χ3v) is 6.84. The molecule has 1 saturated carbocycles. The van der Waals surface area contributed by atoms with Gasteiger partial charge in [0.1, 0.15) is 11.3 Å². The molecule has 1 fully saturated rings. The van der Waals surface area contributed by atoms with Gasteiger partial charge in [-0.2, -0.15) is 0 Å². The van der Waals surface area contributed by atoms with Crippen LogP contribution < -0.4 is 19.5 Å². The molecule has 2 unspecified atom stereocenters. The van der Waals surface area contributed by atoms with E-state index >= 15 is 0 Å². The number of methoxy groups -OCH3 is 3. The van der Waals surface area contributed by atoms with E-state index in [9.17, 15) is 9.90 Å². The lowest BCUT2D eigenvalue weighted by Crippen LogP contribution is -2.45. The van der Waals surface area contributed by atoms with Crippen molar-refractivity contribution in [1.82, 2.24) is 10.3 Å². The SMILES string of the molecule is COc1cc(-c2cc3nccc(-c4cccc(C(=O)NC5CCCCC5O)c4)c3o2)cc(OC)c1OC. The number of fused-ring (bicyclic) bond motifs is 1. The summed E-state index contributed by atoms with van der Waals surface area (Å²) in [7, 11) is 4.69. The molecule has 0 spiro atoms. The van der Waals surface area contributed by atoms with Crippen LogP contribution in [0.2, 0.25) is 0 Å². The molecule has 2 heterocycles. The summed E-state index contributed by atoms with van der Waals surface area (Å²) in [5.74, 6) is 1.93. The Hall–Kier alpha value is -4.04. The van der Waals surface area contributed by atoms with Crippen LogP contribution in [-0.4, -0.2) is 49.5 Å². The van der Waals surface area contributed by atoms with Gasteiger partial charge in [0.2, 0.25) is 5.75 Å². The number of carbonyl (C=O) groups excluding carboxylic acids is 1. The minimum absolute atomic E-state index is 0.198. The Morgan fingerprint density at radius 2 is 1.73 bits per heavy atom. The van der Waals surface area contributed by atoms with Crippen molar-refractivity contribution >= 4 is 17.0 Å². The van der Waals surface area contributed by atoms with Crippen LogP contribution in [0.1, 0.15) is 36.0 Å². The molecule has 37 heavy (non-hydrogen) atoms. The van der Waals surface area contributed by atoms with Gasteiger partial charge in [-0.15, -0.1) is 0 Å². The van der Waals surface area contributed by atoms with Crippen molar-refractivity contribution in [1.29, 1.82) is 0 Å². The van der Waals surface area contributed by atoms with Crippen molar-refractivity contribution in [2.45, 2.75) is 37.8 Å². The molecule has 1 aliphatic rings. The van der Waals surface area contributed by atoms with E-state index in [4.69, 9.17) is 18.6 Å². The zero-order valence-corrected chi connectivity index (χ0v) is 21.1. The molecule has 2 N–H and O–H groups in total. The van der Waals surface area contributed by atoms with Crippen molar-refractivity contribution < 1.29 is 28.5 Å². The molecule has 5 rings (SSSR count). The number of carbonyl (C=O) groups is 1. The van der Waals surface area contributed by atoms with Gasteiger partial charge in [-0.3, -0.25) is 9.78 Å². The van der Waals surface area contributed by atoms with E-state index < -0.39 is 6.10 Å². The number of nitrogens with one attached hydrogen (secondary N) is 1. The van der Waals surface area contributed by atoms with Gasteiger partial charge in [-0.25, -0.2) is 0 Å². The van der Waals surface area contributed by atoms with Crippen LogP contribution >= 0.6 is 0 Å². The second kappa shape index (κ2) is 10.5. The summed E-state index contributed by atoms with van der Waals surface area (Å²) < 4.78 is 22.7. The fraction of sp³-hybridized carbons (Fsp3) is 0.310. The number of ether oxygens (including phenoxy) is 3. The molecular weight excluding hydrogens is 472 g/mol. The quantitative estimate of drug-likeness (QED) is 0.357. The number of aromatic nitrogens is 1. The molecular formula is C29H30N2O6. The summed E-state index contributed by atoms with van der Waals surface area (Å²) in [4.78, 5) is 17.5. The molecule has 2 atom stereocenters. The molecule has 8 heteroatoms. The zero-order valence-electron chi connectivity index (χ0n) is 21.1. The molecule has 1 amide bonds. The summed E-state index contributed by atoms with van der Waals surface area (Å²) in [6.45, 7) is 0. The third-order valence-electron chi connectivity index (χ3n) is 6.84. The average Bonchev–Trinajstić information content (AvgIpc) is 3.38. The van der Waals surface area contributed by atoms with Gasteiger partial charge >= 0.3 is 0 Å². The molecule has 0 radical (unpaired) electrons. The lowest BCUT2D eigenvalue weighted by Gasteiger charge is -2.28. The van der Waals surface area contributed by atoms with Crippen LogP contribution in [-0.2, 0) is 0 Å². The third kappa shape index (κ3) is 4.84. The van der Waals surface area contributed by atoms with E-state index in [1.54, 1.807) is 33.6 Å². The number of nitrogens with zero attached hydrogens (tertiary/aromatic N) is 1. The number of rotatable bonds is 7. The fourth-order valence-electron chi connectivity index (χ4n) is 4.89. The Bertz CT molecular complexity index is 1400. The van der Waals surface area contributed by atoms with Crippen molar-refractivity contribution in [3.8, 4) is 39.7 Å². The first-order valence-electron chi connectivity index (χ1n) is 12.3. The van der Waals surface area contributed by atoms with Gasteiger partial charge in [-0.05, 0) is 48.7 Å². The number of aliphatic hydroxyl groups excluding tert-OH is 1. The summed E-state index contributed by atoms with van der Waals surface area (Å²) in [5.41, 5.74) is 4.20. The summed E-state index contributed by atoms with van der Waals surface area (Å²) in [6.07, 6.45) is 4.71. The normalized spacial score (nSPS) is 17.4. The fourth-order valence-corrected chi connectivity index (χ4v) is 4.89. The zero-order chi connectivity index (χ0) is 25.9. The standard InChI is InChI=1S/C29H30N2O6/c1-34-25-14-19(15-26(35-2)28(25)36-3)24-16-22-27(37-24)20(11-12-30-22)17-7-6-8-18(13-17)29(33)31-21-9-4-5-10-23(21)32/h6-8,11-16,21,23,32H,4-5,9-10H2,1-3H3,(H,31,33). The maximum absolute atomic E-state index is 13.0. The minimum Gasteiger partial charge on any atom is -0.493 e. The van der Waals surface area contributed by atoms with Gasteiger partial charge < -0.3 is 29.1 Å². The number of pyridine rings is 1. The minimum atomic E-state index is -0.502. The maximum Gasteiger partial charge on any atom is 0.251 e. The van der Waals surface area contributed by atoms with E-state index in [0.717, 1.165) is 36.0 Å². The predicted octanol–water partition coefficient (Wildman–Crippen LogP) is 5.22. The van der Waals surface area contributed by atoms with Crippen molar-refractivity contribution in [3.05, 3.63) is 60.3 Å². The predicted molar refractivity (Wildman–Crippen MR) is 140 cm³/mol. The highest BCUT2D eigenvalue weighted by molar-refractivity contribution is 5.98. The topological polar surface area (TPSA) is 103 Å². The number of aliphatic hydroxyl groups is 1. The number of hydrogen-bond donors (Lipinski definition) is 2. The second-order valence-electron chi connectivity index (χ2n) is 9.11. The summed E-state index contributed by atoms with van der Waals surface area (Å²) in [6, 6.07) is 14.5. The molecule has 8 nitrogen and oxygen atoms in total. The Kier molecular flexibility index (Phi) is 7.01. The van der Waals surface area contributed by atoms with Gasteiger partial charge in [0.05, 0.1) is 33.5 Å². The molecule has 4 aromatic rings. The highest BCUT2D eigenvalue weighted by atomic mass is 16.5. The summed E-state index contributed by atoms with van der Waals surface area (Å²) in [5, 5.41) is 13.2. The lowest BCUT2D eigenvalue weighted by atomic mass is 9.92. The molecule has 2 aromatic heterocycles. The molecule has 0 aliphatic heterocycles. The van der Waals surface area contributed by atoms with Crippen molar-refractivity contribution in [2.24, 2.45) is 0 Å². The van der Waals surface area contributed by atoms with E-state index in [-0.39, 0.29) is 11.9 Å². The van der Waals surface area contributed by atoms with Gasteiger partial charge in [0.15, 0.2) is 17.1 Å². The van der Waals surface area contributed by atoms with Crippen LogP contribution in [0.5, 0.6) is 17.2 Å². The first kappa shape index (κ1) is 24.6. The van der Waals surface area contributed by atoms with Crippen molar-refractivity contribution in [2.75, 3.05) is 21.3 Å². The maximum atomic E-state index is 13.0. The first-order valence-corrected chi connectivity index (χ1v) is 12.3. The summed E-state index contributed by atoms with van der Waals surface area (Å²) >= 11 is 0. The van der Waals surface area contributed by atoms with Crippen LogP contribution in [0.25, 0.3) is 33.6 Å². The number of hydrogen-bond acceptors (Lipinski definition) is 7. The van der Waals surface area contributed by atoms with Crippen LogP contribution in [0.3, 0.4) is 0 Å². The Balaban J connectivity index is 1.49. The van der Waals surface area contributed by atoms with Crippen LogP contribution in [0.4, 0.5) is 0 Å². The highest BCUT2D eigenvalue weighted by Gasteiger charge is 2.25. The smallest absolute Gasteiger partial charge is 0.251 e. The van der Waals surface area contributed by atoms with E-state index in [2.05, 4.69) is 10.3 Å². The van der Waals surface area contributed by atoms with E-state index in [0.29, 0.717) is 46.1 Å². The van der Waals surface area contributed by atoms with Gasteiger partial charge in [0, 0.05) is 29.0 Å². The lowest BCUT2D eigenvalue weighted by molar-refractivity contribution is 0.0717. The average molecular weight is 503 g/mol. The second-order valence-corrected chi connectivity index (χ2v) is 9.11. The van der Waals surface area contributed by atoms with Gasteiger partial charge in [0.25, 0.3) is 5.91 Å². The number of amides is 1. The van der Waals surface area contributed by atoms with Gasteiger partial charge in [-0.1, -0.05) is 25.0 Å². The molecule has 2 aromatic carbocycles. The van der Waals surface area contributed by atoms with Crippen LogP contribution in [0.15, 0.2) is 59.1 Å². The monoisotopic (exact) mass is 502 g/mol. The Morgan fingerprint density at radius 1 is 0.973 bits per heavy atom. The number of benzene rings is 2. The molecule has 0 bridgehead atoms. The van der Waals surface area contributed by atoms with E-state index in [1.807, 2.05) is 42.5 Å². The largest absolute Gasteiger partial charge is 0.493 e. The van der Waals surface area contributed by atoms with Crippen LogP contribution in [0, 0.1) is 0 Å².